The van der Waals surface area contributed by atoms with Gasteiger partial charge in [-0.05, 0) is 44.0 Å². The first-order valence-electron chi connectivity index (χ1n) is 12.1. The summed E-state index contributed by atoms with van der Waals surface area (Å²) < 4.78 is 32.6. The van der Waals surface area contributed by atoms with E-state index in [9.17, 15) is 13.2 Å². The van der Waals surface area contributed by atoms with E-state index in [1.807, 2.05) is 13.0 Å². The molecule has 186 valence electrons. The van der Waals surface area contributed by atoms with Gasteiger partial charge in [-0.3, -0.25) is 14.6 Å². The molecule has 1 aliphatic heterocycles. The number of aromatic nitrogens is 1. The highest BCUT2D eigenvalue weighted by atomic mass is 32.2. The van der Waals surface area contributed by atoms with Gasteiger partial charge in [-0.25, -0.2) is 8.42 Å². The second-order valence-electron chi connectivity index (χ2n) is 9.37. The fraction of sp³-hybridized carbons (Fsp3) is 0.583. The van der Waals surface area contributed by atoms with Crippen molar-refractivity contribution in [1.29, 1.82) is 0 Å². The zero-order chi connectivity index (χ0) is 24.1. The molecule has 1 aromatic heterocycles. The number of carbonyl (C=O) groups is 1. The number of anilines is 1. The Bertz CT molecular complexity index is 1060. The SMILES string of the molecule is Cc1cc(CN2CCN(CC(=O)Nc3ccc(S(=O)(=O)N(C)C4CCCCC4)cc3)CC2)no1. The molecule has 2 aromatic rings. The number of rotatable bonds is 8. The highest BCUT2D eigenvalue weighted by molar-refractivity contribution is 7.89. The lowest BCUT2D eigenvalue weighted by Gasteiger charge is -2.33. The molecule has 1 saturated carbocycles. The highest BCUT2D eigenvalue weighted by Crippen LogP contribution is 2.27. The predicted octanol–water partition coefficient (Wildman–Crippen LogP) is 2.69. The third-order valence-corrected chi connectivity index (χ3v) is 8.72. The Morgan fingerprint density at radius 1 is 1.09 bits per heavy atom. The van der Waals surface area contributed by atoms with Crippen molar-refractivity contribution in [3.63, 3.8) is 0 Å². The second kappa shape index (κ2) is 11.0. The summed E-state index contributed by atoms with van der Waals surface area (Å²) >= 11 is 0. The number of hydrogen-bond donors (Lipinski definition) is 1. The molecule has 1 N–H and O–H groups in total. The van der Waals surface area contributed by atoms with Crippen molar-refractivity contribution in [3.8, 4) is 0 Å². The molecule has 2 aliphatic rings. The average Bonchev–Trinajstić information content (AvgIpc) is 3.25. The van der Waals surface area contributed by atoms with Crippen LogP contribution in [0.5, 0.6) is 0 Å². The summed E-state index contributed by atoms with van der Waals surface area (Å²) in [6.07, 6.45) is 5.16. The van der Waals surface area contributed by atoms with Crippen LogP contribution < -0.4 is 5.32 Å². The molecule has 1 saturated heterocycles. The van der Waals surface area contributed by atoms with Crippen LogP contribution in [0.4, 0.5) is 5.69 Å². The van der Waals surface area contributed by atoms with Gasteiger partial charge in [0.1, 0.15) is 5.76 Å². The number of piperazine rings is 1. The van der Waals surface area contributed by atoms with Crippen molar-refractivity contribution in [3.05, 3.63) is 41.8 Å². The highest BCUT2D eigenvalue weighted by Gasteiger charge is 2.29. The molecule has 10 heteroatoms. The first kappa shape index (κ1) is 24.8. The van der Waals surface area contributed by atoms with Gasteiger partial charge in [0, 0.05) is 57.6 Å². The molecule has 9 nitrogen and oxygen atoms in total. The van der Waals surface area contributed by atoms with Gasteiger partial charge in [-0.1, -0.05) is 24.4 Å². The summed E-state index contributed by atoms with van der Waals surface area (Å²) in [7, 11) is -1.86. The van der Waals surface area contributed by atoms with Crippen LogP contribution in [0.3, 0.4) is 0 Å². The molecule has 1 amide bonds. The number of aryl methyl sites for hydroxylation is 1. The van der Waals surface area contributed by atoms with Gasteiger partial charge in [-0.15, -0.1) is 0 Å². The fourth-order valence-electron chi connectivity index (χ4n) is 4.75. The summed E-state index contributed by atoms with van der Waals surface area (Å²) in [5, 5.41) is 6.93. The van der Waals surface area contributed by atoms with E-state index in [1.54, 1.807) is 31.3 Å². The number of amides is 1. The fourth-order valence-corrected chi connectivity index (χ4v) is 6.16. The number of nitrogens with zero attached hydrogens (tertiary/aromatic N) is 4. The molecule has 0 bridgehead atoms. The Hall–Kier alpha value is -2.27. The van der Waals surface area contributed by atoms with E-state index in [-0.39, 0.29) is 16.8 Å². The topological polar surface area (TPSA) is 99.0 Å². The normalized spacial score (nSPS) is 18.9. The van der Waals surface area contributed by atoms with Gasteiger partial charge < -0.3 is 9.84 Å². The number of carbonyl (C=O) groups excluding carboxylic acids is 1. The van der Waals surface area contributed by atoms with E-state index < -0.39 is 10.0 Å². The summed E-state index contributed by atoms with van der Waals surface area (Å²) in [5.41, 5.74) is 1.53. The second-order valence-corrected chi connectivity index (χ2v) is 11.4. The van der Waals surface area contributed by atoms with Crippen LogP contribution >= 0.6 is 0 Å². The summed E-state index contributed by atoms with van der Waals surface area (Å²) in [6, 6.07) is 8.50. The van der Waals surface area contributed by atoms with Crippen molar-refractivity contribution < 1.29 is 17.7 Å². The van der Waals surface area contributed by atoms with Crippen LogP contribution in [0, 0.1) is 6.92 Å². The van der Waals surface area contributed by atoms with Crippen molar-refractivity contribution in [2.75, 3.05) is 45.1 Å². The Balaban J connectivity index is 1.24. The maximum Gasteiger partial charge on any atom is 0.243 e. The molecule has 0 unspecified atom stereocenters. The molecule has 1 aliphatic carbocycles. The lowest BCUT2D eigenvalue weighted by atomic mass is 9.96. The van der Waals surface area contributed by atoms with Gasteiger partial charge in [-0.2, -0.15) is 4.31 Å². The lowest BCUT2D eigenvalue weighted by molar-refractivity contribution is -0.117. The number of sulfonamides is 1. The van der Waals surface area contributed by atoms with E-state index in [0.717, 1.165) is 69.9 Å². The largest absolute Gasteiger partial charge is 0.361 e. The maximum atomic E-state index is 13.0. The molecule has 34 heavy (non-hydrogen) atoms. The minimum atomic E-state index is -3.54. The maximum absolute atomic E-state index is 13.0. The minimum absolute atomic E-state index is 0.0682. The van der Waals surface area contributed by atoms with Crippen LogP contribution in [0.1, 0.15) is 43.6 Å². The lowest BCUT2D eigenvalue weighted by Crippen LogP contribution is -2.48. The van der Waals surface area contributed by atoms with Gasteiger partial charge in [0.05, 0.1) is 17.1 Å². The van der Waals surface area contributed by atoms with Crippen molar-refractivity contribution in [2.24, 2.45) is 0 Å². The Morgan fingerprint density at radius 2 is 1.74 bits per heavy atom. The van der Waals surface area contributed by atoms with Crippen LogP contribution in [0.25, 0.3) is 0 Å². The molecule has 2 fully saturated rings. The van der Waals surface area contributed by atoms with Crippen LogP contribution in [0.15, 0.2) is 39.8 Å². The monoisotopic (exact) mass is 489 g/mol. The van der Waals surface area contributed by atoms with Gasteiger partial charge >= 0.3 is 0 Å². The number of nitrogens with one attached hydrogen (secondary N) is 1. The Kier molecular flexibility index (Phi) is 8.02. The number of benzene rings is 1. The molecule has 0 atom stereocenters. The van der Waals surface area contributed by atoms with Crippen molar-refractivity contribution in [1.82, 2.24) is 19.3 Å². The van der Waals surface area contributed by atoms with Crippen molar-refractivity contribution >= 4 is 21.6 Å². The number of hydrogen-bond acceptors (Lipinski definition) is 7. The minimum Gasteiger partial charge on any atom is -0.361 e. The van der Waals surface area contributed by atoms with E-state index >= 15 is 0 Å². The van der Waals surface area contributed by atoms with Crippen LogP contribution in [0.2, 0.25) is 0 Å². The third kappa shape index (κ3) is 6.24. The van der Waals surface area contributed by atoms with Crippen LogP contribution in [-0.4, -0.2) is 79.4 Å². The quantitative estimate of drug-likeness (QED) is 0.609. The zero-order valence-corrected chi connectivity index (χ0v) is 20.9. The molecule has 0 radical (unpaired) electrons. The molecular weight excluding hydrogens is 454 g/mol. The molecule has 2 heterocycles. The van der Waals surface area contributed by atoms with E-state index in [0.29, 0.717) is 12.2 Å². The Morgan fingerprint density at radius 3 is 2.35 bits per heavy atom. The molecule has 0 spiro atoms. The summed E-state index contributed by atoms with van der Waals surface area (Å²) in [4.78, 5) is 17.2. The zero-order valence-electron chi connectivity index (χ0n) is 20.1. The first-order valence-corrected chi connectivity index (χ1v) is 13.5. The summed E-state index contributed by atoms with van der Waals surface area (Å²) in [5.74, 6) is 0.711. The smallest absolute Gasteiger partial charge is 0.243 e. The summed E-state index contributed by atoms with van der Waals surface area (Å²) in [6.45, 7) is 6.27. The third-order valence-electron chi connectivity index (χ3n) is 6.80. The van der Waals surface area contributed by atoms with E-state index in [1.165, 1.54) is 10.7 Å². The first-order chi connectivity index (χ1) is 16.3. The standard InChI is InChI=1S/C24H35N5O4S/c1-19-16-21(26-33-19)17-28-12-14-29(15-13-28)18-24(30)25-20-8-10-23(11-9-20)34(31,32)27(2)22-6-4-3-5-7-22/h8-11,16,22H,3-7,12-15,17-18H2,1-2H3,(H,25,30). The average molecular weight is 490 g/mol. The van der Waals surface area contributed by atoms with Crippen LogP contribution in [-0.2, 0) is 21.4 Å². The van der Waals surface area contributed by atoms with E-state index in [2.05, 4.69) is 20.3 Å². The van der Waals surface area contributed by atoms with E-state index in [4.69, 9.17) is 4.52 Å². The molecular formula is C24H35N5O4S. The van der Waals surface area contributed by atoms with Gasteiger partial charge in [0.25, 0.3) is 0 Å². The molecule has 1 aromatic carbocycles. The Labute approximate surface area is 202 Å². The van der Waals surface area contributed by atoms with Crippen molar-refractivity contribution in [2.45, 2.75) is 56.5 Å². The van der Waals surface area contributed by atoms with Gasteiger partial charge in [0.2, 0.25) is 15.9 Å². The molecule has 4 rings (SSSR count). The predicted molar refractivity (Wildman–Crippen MR) is 130 cm³/mol. The van der Waals surface area contributed by atoms with Gasteiger partial charge in [0.15, 0.2) is 0 Å².